The van der Waals surface area contributed by atoms with Gasteiger partial charge in [-0.05, 0) is 23.6 Å². The Labute approximate surface area is 194 Å². The van der Waals surface area contributed by atoms with Crippen molar-refractivity contribution in [3.8, 4) is 0 Å². The zero-order valence-corrected chi connectivity index (χ0v) is 18.8. The summed E-state index contributed by atoms with van der Waals surface area (Å²) < 4.78 is 0. The van der Waals surface area contributed by atoms with Crippen LogP contribution in [0.3, 0.4) is 0 Å². The molecule has 0 aromatic heterocycles. The molecule has 1 aromatic rings. The lowest BCUT2D eigenvalue weighted by Gasteiger charge is -2.37. The number of hydrogen-bond acceptors (Lipinski definition) is 7. The lowest BCUT2D eigenvalue weighted by atomic mass is 10.0. The van der Waals surface area contributed by atoms with Crippen molar-refractivity contribution < 1.29 is 39.0 Å². The van der Waals surface area contributed by atoms with Crippen LogP contribution in [0.1, 0.15) is 32.8 Å². The van der Waals surface area contributed by atoms with Crippen LogP contribution >= 0.6 is 0 Å². The van der Waals surface area contributed by atoms with E-state index in [-0.39, 0.29) is 6.42 Å². The predicted octanol–water partition coefficient (Wildman–Crippen LogP) is -0.436. The number of hydrogen-bond donors (Lipinski definition) is 5. The first kappa shape index (κ1) is 26.1. The molecule has 3 atom stereocenters. The van der Waals surface area contributed by atoms with Gasteiger partial charge in [0.2, 0.25) is 5.91 Å². The molecule has 13 heteroatoms. The highest BCUT2D eigenvalue weighted by Gasteiger charge is 2.49. The topological polar surface area (TPSA) is 199 Å². The van der Waals surface area contributed by atoms with Crippen molar-refractivity contribution in [2.75, 3.05) is 5.73 Å². The molecule has 0 saturated carbocycles. The number of carbonyl (C=O) groups excluding carboxylic acids is 4. The van der Waals surface area contributed by atoms with Crippen molar-refractivity contribution in [2.24, 2.45) is 5.92 Å². The Morgan fingerprint density at radius 3 is 2.21 bits per heavy atom. The van der Waals surface area contributed by atoms with Gasteiger partial charge >= 0.3 is 18.0 Å². The number of carboxylic acids is 2. The van der Waals surface area contributed by atoms with Gasteiger partial charge in [0.05, 0.1) is 6.42 Å². The Bertz CT molecular complexity index is 977. The van der Waals surface area contributed by atoms with Crippen molar-refractivity contribution in [2.45, 2.75) is 51.7 Å². The van der Waals surface area contributed by atoms with E-state index in [1.807, 2.05) is 0 Å². The van der Waals surface area contributed by atoms with Crippen LogP contribution in [0.5, 0.6) is 0 Å². The highest BCUT2D eigenvalue weighted by Crippen LogP contribution is 2.22. The minimum Gasteiger partial charge on any atom is -0.481 e. The maximum atomic E-state index is 13.3. The fraction of sp³-hybridized carbons (Fsp3) is 0.429. The van der Waals surface area contributed by atoms with Crippen LogP contribution in [0.15, 0.2) is 24.3 Å². The molecule has 13 nitrogen and oxygen atoms in total. The number of hydrazine groups is 1. The van der Waals surface area contributed by atoms with Gasteiger partial charge in [0.1, 0.15) is 12.1 Å². The first-order chi connectivity index (χ1) is 15.8. The van der Waals surface area contributed by atoms with E-state index in [1.54, 1.807) is 24.3 Å². The summed E-state index contributed by atoms with van der Waals surface area (Å²) in [6.45, 7) is 3.95. The number of nitrogen functional groups attached to an aromatic ring is 1. The van der Waals surface area contributed by atoms with E-state index in [4.69, 9.17) is 5.73 Å². The Kier molecular flexibility index (Phi) is 8.16. The van der Waals surface area contributed by atoms with Gasteiger partial charge in [-0.25, -0.2) is 14.6 Å². The molecule has 34 heavy (non-hydrogen) atoms. The number of nitrogens with zero attached hydrogens (tertiary/aromatic N) is 2. The third-order valence-corrected chi connectivity index (χ3v) is 5.06. The number of urea groups is 1. The number of anilines is 1. The Hall–Kier alpha value is -4.16. The molecule has 1 aliphatic rings. The largest absolute Gasteiger partial charge is 0.481 e. The van der Waals surface area contributed by atoms with Crippen LogP contribution in [-0.2, 0) is 30.4 Å². The third kappa shape index (κ3) is 5.99. The number of rotatable bonds is 10. The molecular formula is C21H27N5O8. The average Bonchev–Trinajstić information content (AvgIpc) is 2.98. The lowest BCUT2D eigenvalue weighted by Crippen LogP contribution is -2.63. The molecule has 0 spiro atoms. The molecule has 184 valence electrons. The Morgan fingerprint density at radius 2 is 1.74 bits per heavy atom. The second-order valence-corrected chi connectivity index (χ2v) is 8.16. The normalized spacial score (nSPS) is 17.2. The Balaban J connectivity index is 2.47. The van der Waals surface area contributed by atoms with Crippen LogP contribution in [0.2, 0.25) is 0 Å². The number of nitrogens with one attached hydrogen (secondary N) is 2. The number of imide groups is 1. The second-order valence-electron chi connectivity index (χ2n) is 8.16. The third-order valence-electron chi connectivity index (χ3n) is 5.06. The summed E-state index contributed by atoms with van der Waals surface area (Å²) in [7, 11) is 0. The maximum absolute atomic E-state index is 13.3. The van der Waals surface area contributed by atoms with Crippen LogP contribution in [0.25, 0.3) is 0 Å². The van der Waals surface area contributed by atoms with Gasteiger partial charge in [-0.15, -0.1) is 0 Å². The van der Waals surface area contributed by atoms with Gasteiger partial charge in [0.15, 0.2) is 6.04 Å². The van der Waals surface area contributed by atoms with Crippen molar-refractivity contribution in [1.29, 1.82) is 0 Å². The molecule has 1 heterocycles. The van der Waals surface area contributed by atoms with Gasteiger partial charge in [0.25, 0.3) is 11.8 Å². The minimum atomic E-state index is -1.72. The van der Waals surface area contributed by atoms with Crippen LogP contribution < -0.4 is 16.4 Å². The smallest absolute Gasteiger partial charge is 0.344 e. The molecule has 1 aliphatic heterocycles. The summed E-state index contributed by atoms with van der Waals surface area (Å²) in [5.74, 6) is -6.66. The first-order valence-electron chi connectivity index (χ1n) is 10.4. The number of benzene rings is 1. The van der Waals surface area contributed by atoms with Gasteiger partial charge in [0, 0.05) is 19.0 Å². The van der Waals surface area contributed by atoms with Crippen LogP contribution in [0, 0.1) is 5.92 Å². The van der Waals surface area contributed by atoms with E-state index < -0.39 is 66.2 Å². The van der Waals surface area contributed by atoms with Crippen molar-refractivity contribution >= 4 is 41.4 Å². The summed E-state index contributed by atoms with van der Waals surface area (Å²) >= 11 is 0. The lowest BCUT2D eigenvalue weighted by molar-refractivity contribution is -0.172. The molecule has 6 N–H and O–H groups in total. The zero-order chi connectivity index (χ0) is 25.7. The van der Waals surface area contributed by atoms with Crippen molar-refractivity contribution in [1.82, 2.24) is 20.7 Å². The Morgan fingerprint density at radius 1 is 1.15 bits per heavy atom. The SMILES string of the molecule is CC(=O)N[C@@H](CC(=O)O)C(=O)N([C@H](C(=O)O)C(C)C)N1C(=O)N[C@@H](Cc2ccc(N)cc2)C1=O. The van der Waals surface area contributed by atoms with E-state index in [0.29, 0.717) is 21.3 Å². The summed E-state index contributed by atoms with van der Waals surface area (Å²) in [6.07, 6.45) is -0.856. The van der Waals surface area contributed by atoms with Gasteiger partial charge in [-0.1, -0.05) is 26.0 Å². The number of aliphatic carboxylic acids is 2. The number of nitrogens with two attached hydrogens (primary N) is 1. The average molecular weight is 477 g/mol. The number of amides is 5. The summed E-state index contributed by atoms with van der Waals surface area (Å²) in [4.78, 5) is 74.2. The van der Waals surface area contributed by atoms with Gasteiger partial charge in [-0.3, -0.25) is 19.2 Å². The van der Waals surface area contributed by atoms with Crippen molar-refractivity contribution in [3.05, 3.63) is 29.8 Å². The fourth-order valence-corrected chi connectivity index (χ4v) is 3.56. The van der Waals surface area contributed by atoms with Crippen molar-refractivity contribution in [3.63, 3.8) is 0 Å². The maximum Gasteiger partial charge on any atom is 0.344 e. The molecule has 1 fully saturated rings. The van der Waals surface area contributed by atoms with Crippen LogP contribution in [0.4, 0.5) is 10.5 Å². The standard InChI is InChI=1S/C21H27N5O8/c1-10(2)17(20(32)33)25(18(30)15(9-16(28)29)23-11(3)27)26-19(31)14(24-21(26)34)8-12-4-6-13(22)7-5-12/h4-7,10,14-15,17H,8-9,22H2,1-3H3,(H,23,27)(H,24,34)(H,28,29)(H,32,33)/t14-,15-,17-/m0/s1. The monoisotopic (exact) mass is 477 g/mol. The number of carboxylic acid groups (broad SMARTS) is 2. The molecule has 0 bridgehead atoms. The molecule has 1 saturated heterocycles. The summed E-state index contributed by atoms with van der Waals surface area (Å²) in [6, 6.07) is 0.910. The fourth-order valence-electron chi connectivity index (χ4n) is 3.56. The molecule has 5 amide bonds. The predicted molar refractivity (Wildman–Crippen MR) is 117 cm³/mol. The van der Waals surface area contributed by atoms with E-state index in [9.17, 15) is 39.0 Å². The van der Waals surface area contributed by atoms with Gasteiger partial charge in [-0.2, -0.15) is 5.01 Å². The molecular weight excluding hydrogens is 450 g/mol. The van der Waals surface area contributed by atoms with E-state index in [0.717, 1.165) is 6.92 Å². The first-order valence-corrected chi connectivity index (χ1v) is 10.4. The second kappa shape index (κ2) is 10.6. The highest BCUT2D eigenvalue weighted by atomic mass is 16.4. The summed E-state index contributed by atoms with van der Waals surface area (Å²) in [5, 5.41) is 24.3. The molecule has 0 aliphatic carbocycles. The number of carbonyl (C=O) groups is 6. The molecule has 1 aromatic carbocycles. The molecule has 2 rings (SSSR count). The molecule has 0 unspecified atom stereocenters. The summed E-state index contributed by atoms with van der Waals surface area (Å²) in [5.41, 5.74) is 6.79. The minimum absolute atomic E-state index is 0.0348. The van der Waals surface area contributed by atoms with Crippen LogP contribution in [-0.4, -0.2) is 74.0 Å². The van der Waals surface area contributed by atoms with E-state index in [2.05, 4.69) is 10.6 Å². The van der Waals surface area contributed by atoms with E-state index >= 15 is 0 Å². The van der Waals surface area contributed by atoms with E-state index in [1.165, 1.54) is 13.8 Å². The zero-order valence-electron chi connectivity index (χ0n) is 18.8. The highest BCUT2D eigenvalue weighted by molar-refractivity contribution is 6.06. The van der Waals surface area contributed by atoms with Gasteiger partial charge < -0.3 is 26.6 Å². The quantitative estimate of drug-likeness (QED) is 0.219. The molecule has 0 radical (unpaired) electrons.